The predicted octanol–water partition coefficient (Wildman–Crippen LogP) is 3.10. The molecule has 3 aromatic rings. The summed E-state index contributed by atoms with van der Waals surface area (Å²) in [7, 11) is 0. The van der Waals surface area contributed by atoms with Gasteiger partial charge in [-0.15, -0.1) is 5.10 Å². The number of aryl methyl sites for hydroxylation is 1. The van der Waals surface area contributed by atoms with Crippen LogP contribution < -0.4 is 5.56 Å². The van der Waals surface area contributed by atoms with Crippen molar-refractivity contribution in [3.63, 3.8) is 0 Å². The molecular weight excluding hydrogens is 354 g/mol. The van der Waals surface area contributed by atoms with Gasteiger partial charge in [0.25, 0.3) is 5.56 Å². The lowest BCUT2D eigenvalue weighted by molar-refractivity contribution is -0.137. The van der Waals surface area contributed by atoms with E-state index in [1.807, 2.05) is 0 Å². The van der Waals surface area contributed by atoms with E-state index < -0.39 is 23.6 Å². The lowest BCUT2D eigenvalue weighted by atomic mass is 10.0. The average Bonchev–Trinajstić information content (AvgIpc) is 3.02. The fraction of sp³-hybridized carbons (Fsp3) is 0.250. The summed E-state index contributed by atoms with van der Waals surface area (Å²) in [5.41, 5.74) is -0.808. The van der Waals surface area contributed by atoms with Crippen LogP contribution in [0.25, 0.3) is 11.4 Å². The van der Waals surface area contributed by atoms with E-state index in [4.69, 9.17) is 0 Å². The Bertz CT molecular complexity index is 1010. The molecule has 0 radical (unpaired) electrons. The first-order valence-corrected chi connectivity index (χ1v) is 7.52. The van der Waals surface area contributed by atoms with E-state index in [-0.39, 0.29) is 16.8 Å². The lowest BCUT2D eigenvalue weighted by Crippen LogP contribution is -2.12. The maximum Gasteiger partial charge on any atom is 0.416 e. The molecule has 136 valence electrons. The monoisotopic (exact) mass is 367 g/mol. The number of hydrogen-bond acceptors (Lipinski definition) is 4. The summed E-state index contributed by atoms with van der Waals surface area (Å²) in [5, 5.41) is 7.76. The molecule has 2 aromatic heterocycles. The van der Waals surface area contributed by atoms with Crippen LogP contribution in [-0.2, 0) is 6.18 Å². The number of aromatic amines is 1. The standard InChI is InChI=1S/C16H13F4N5O/c1-8(11-4-3-10(5-12(11)17)16(18,19)20)25-7-14(23-24-25)13-6-15(26)22-9(2)21-13/h3-8H,1-2H3,(H,21,22,26)/t8-/m0/s1. The molecule has 0 aliphatic heterocycles. The Kier molecular flexibility index (Phi) is 4.34. The molecule has 0 unspecified atom stereocenters. The molecule has 0 bridgehead atoms. The zero-order valence-corrected chi connectivity index (χ0v) is 13.7. The molecule has 1 aromatic carbocycles. The van der Waals surface area contributed by atoms with Gasteiger partial charge in [0.05, 0.1) is 23.5 Å². The van der Waals surface area contributed by atoms with E-state index >= 15 is 0 Å². The van der Waals surface area contributed by atoms with Crippen molar-refractivity contribution in [1.82, 2.24) is 25.0 Å². The number of nitrogens with one attached hydrogen (secondary N) is 1. The Morgan fingerprint density at radius 2 is 1.92 bits per heavy atom. The number of aromatic nitrogens is 5. The van der Waals surface area contributed by atoms with E-state index in [0.717, 1.165) is 12.1 Å². The third-order valence-electron chi connectivity index (χ3n) is 3.81. The van der Waals surface area contributed by atoms with Crippen molar-refractivity contribution in [3.8, 4) is 11.4 Å². The van der Waals surface area contributed by atoms with E-state index in [9.17, 15) is 22.4 Å². The molecule has 1 N–H and O–H groups in total. The quantitative estimate of drug-likeness (QED) is 0.722. The minimum absolute atomic E-state index is 0.0319. The molecule has 1 atom stereocenters. The second kappa shape index (κ2) is 6.36. The minimum Gasteiger partial charge on any atom is -0.311 e. The van der Waals surface area contributed by atoms with Gasteiger partial charge in [-0.25, -0.2) is 14.1 Å². The largest absolute Gasteiger partial charge is 0.416 e. The van der Waals surface area contributed by atoms with Crippen LogP contribution in [0.4, 0.5) is 17.6 Å². The average molecular weight is 367 g/mol. The van der Waals surface area contributed by atoms with Crippen molar-refractivity contribution in [2.45, 2.75) is 26.1 Å². The number of hydrogen-bond donors (Lipinski definition) is 1. The molecule has 0 saturated carbocycles. The Morgan fingerprint density at radius 1 is 1.19 bits per heavy atom. The smallest absolute Gasteiger partial charge is 0.311 e. The van der Waals surface area contributed by atoms with Crippen molar-refractivity contribution in [2.24, 2.45) is 0 Å². The molecule has 0 fully saturated rings. The first-order valence-electron chi connectivity index (χ1n) is 7.52. The van der Waals surface area contributed by atoms with Gasteiger partial charge in [0.15, 0.2) is 0 Å². The Morgan fingerprint density at radius 3 is 2.54 bits per heavy atom. The maximum atomic E-state index is 14.1. The number of halogens is 4. The van der Waals surface area contributed by atoms with Crippen molar-refractivity contribution >= 4 is 0 Å². The van der Waals surface area contributed by atoms with Gasteiger partial charge in [0.1, 0.15) is 17.3 Å². The molecule has 0 aliphatic carbocycles. The summed E-state index contributed by atoms with van der Waals surface area (Å²) in [6.07, 6.45) is -3.17. The summed E-state index contributed by atoms with van der Waals surface area (Å²) in [4.78, 5) is 18.1. The van der Waals surface area contributed by atoms with E-state index in [1.54, 1.807) is 13.8 Å². The number of benzene rings is 1. The van der Waals surface area contributed by atoms with Gasteiger partial charge in [-0.05, 0) is 26.0 Å². The normalized spacial score (nSPS) is 13.0. The molecule has 2 heterocycles. The van der Waals surface area contributed by atoms with Crippen LogP contribution in [0.1, 0.15) is 29.9 Å². The van der Waals surface area contributed by atoms with E-state index in [0.29, 0.717) is 17.6 Å². The predicted molar refractivity (Wildman–Crippen MR) is 83.8 cm³/mol. The van der Waals surface area contributed by atoms with Gasteiger partial charge in [0.2, 0.25) is 0 Å². The van der Waals surface area contributed by atoms with Crippen molar-refractivity contribution in [3.05, 3.63) is 63.6 Å². The van der Waals surface area contributed by atoms with Gasteiger partial charge in [-0.1, -0.05) is 11.3 Å². The highest BCUT2D eigenvalue weighted by atomic mass is 19.4. The molecule has 0 spiro atoms. The van der Waals surface area contributed by atoms with Crippen LogP contribution in [0.5, 0.6) is 0 Å². The molecule has 0 amide bonds. The highest BCUT2D eigenvalue weighted by Gasteiger charge is 2.31. The van der Waals surface area contributed by atoms with Crippen LogP contribution in [-0.4, -0.2) is 25.0 Å². The Balaban J connectivity index is 1.93. The van der Waals surface area contributed by atoms with Crippen molar-refractivity contribution in [1.29, 1.82) is 0 Å². The van der Waals surface area contributed by atoms with Crippen LogP contribution in [0.2, 0.25) is 0 Å². The molecule has 26 heavy (non-hydrogen) atoms. The molecule has 0 saturated heterocycles. The van der Waals surface area contributed by atoms with E-state index in [1.165, 1.54) is 16.9 Å². The third-order valence-corrected chi connectivity index (χ3v) is 3.81. The zero-order valence-electron chi connectivity index (χ0n) is 13.7. The van der Waals surface area contributed by atoms with Gasteiger partial charge >= 0.3 is 6.18 Å². The molecule has 3 rings (SSSR count). The molecule has 6 nitrogen and oxygen atoms in total. The van der Waals surface area contributed by atoms with Gasteiger partial charge in [-0.2, -0.15) is 13.2 Å². The third kappa shape index (κ3) is 3.48. The van der Waals surface area contributed by atoms with Gasteiger partial charge in [-0.3, -0.25) is 4.79 Å². The number of alkyl halides is 3. The zero-order chi connectivity index (χ0) is 19.1. The highest BCUT2D eigenvalue weighted by molar-refractivity contribution is 5.51. The molecule has 0 aliphatic rings. The lowest BCUT2D eigenvalue weighted by Gasteiger charge is -2.14. The fourth-order valence-corrected chi connectivity index (χ4v) is 2.48. The second-order valence-electron chi connectivity index (χ2n) is 5.71. The Hall–Kier alpha value is -3.04. The Labute approximate surface area is 144 Å². The number of nitrogens with zero attached hydrogens (tertiary/aromatic N) is 4. The van der Waals surface area contributed by atoms with Crippen LogP contribution in [0, 0.1) is 12.7 Å². The number of H-pyrrole nitrogens is 1. The molecular formula is C16H13F4N5O. The second-order valence-corrected chi connectivity index (χ2v) is 5.71. The summed E-state index contributed by atoms with van der Waals surface area (Å²) in [6.45, 7) is 3.18. The fourth-order valence-electron chi connectivity index (χ4n) is 2.48. The van der Waals surface area contributed by atoms with Crippen molar-refractivity contribution < 1.29 is 17.6 Å². The van der Waals surface area contributed by atoms with Crippen LogP contribution >= 0.6 is 0 Å². The van der Waals surface area contributed by atoms with Crippen LogP contribution in [0.15, 0.2) is 35.3 Å². The first-order chi connectivity index (χ1) is 12.1. The van der Waals surface area contributed by atoms with E-state index in [2.05, 4.69) is 20.3 Å². The van der Waals surface area contributed by atoms with Gasteiger partial charge < -0.3 is 4.98 Å². The van der Waals surface area contributed by atoms with Crippen molar-refractivity contribution in [2.75, 3.05) is 0 Å². The number of rotatable bonds is 3. The first kappa shape index (κ1) is 17.8. The summed E-state index contributed by atoms with van der Waals surface area (Å²) in [5.74, 6) is -0.599. The minimum atomic E-state index is -4.62. The SMILES string of the molecule is Cc1nc(-c2cn([C@@H](C)c3ccc(C(F)(F)F)cc3F)nn2)cc(=O)[nH]1. The summed E-state index contributed by atoms with van der Waals surface area (Å²) < 4.78 is 53.4. The molecule has 10 heteroatoms. The topological polar surface area (TPSA) is 76.5 Å². The summed E-state index contributed by atoms with van der Waals surface area (Å²) in [6, 6.07) is 2.87. The van der Waals surface area contributed by atoms with Crippen LogP contribution in [0.3, 0.4) is 0 Å². The maximum absolute atomic E-state index is 14.1. The highest BCUT2D eigenvalue weighted by Crippen LogP contribution is 2.32. The van der Waals surface area contributed by atoms with Gasteiger partial charge in [0, 0.05) is 11.6 Å². The summed E-state index contributed by atoms with van der Waals surface area (Å²) >= 11 is 0.